The van der Waals surface area contributed by atoms with E-state index in [1.165, 1.54) is 0 Å². The number of Topliss-reactive ketones (excluding diaryl/α,β-unsaturated/α-hetero) is 1. The van der Waals surface area contributed by atoms with Crippen LogP contribution in [0.3, 0.4) is 0 Å². The lowest BCUT2D eigenvalue weighted by Gasteiger charge is -2.08. The van der Waals surface area contributed by atoms with Crippen molar-refractivity contribution in [3.63, 3.8) is 0 Å². The van der Waals surface area contributed by atoms with Crippen LogP contribution >= 0.6 is 0 Å². The summed E-state index contributed by atoms with van der Waals surface area (Å²) in [6.45, 7) is 0. The predicted octanol–water partition coefficient (Wildman–Crippen LogP) is 1.29. The van der Waals surface area contributed by atoms with Crippen LogP contribution in [0.4, 0.5) is 0 Å². The molecule has 0 amide bonds. The molecular weight excluding hydrogens is 146 g/mol. The molecule has 4 nitrogen and oxygen atoms in total. The van der Waals surface area contributed by atoms with Gasteiger partial charge in [0.2, 0.25) is 6.20 Å². The quantitative estimate of drug-likeness (QED) is 0.325. The number of allylic oxidation sites excluding steroid dienone is 1. The van der Waals surface area contributed by atoms with Crippen molar-refractivity contribution in [2.24, 2.45) is 0 Å². The van der Waals surface area contributed by atoms with Crippen LogP contribution in [0, 0.1) is 10.1 Å². The highest BCUT2D eigenvalue weighted by molar-refractivity contribution is 5.95. The van der Waals surface area contributed by atoms with Crippen LogP contribution in [0.15, 0.2) is 11.8 Å². The first-order chi connectivity index (χ1) is 5.20. The zero-order valence-corrected chi connectivity index (χ0v) is 6.08. The molecule has 0 spiro atoms. The largest absolute Gasteiger partial charge is 0.294 e. The van der Waals surface area contributed by atoms with Crippen molar-refractivity contribution in [1.82, 2.24) is 0 Å². The summed E-state index contributed by atoms with van der Waals surface area (Å²) in [5, 5.41) is 9.99. The van der Waals surface area contributed by atoms with E-state index in [4.69, 9.17) is 0 Å². The number of carbonyl (C=O) groups is 1. The number of ketones is 1. The van der Waals surface area contributed by atoms with Gasteiger partial charge in [-0.1, -0.05) is 0 Å². The Bertz CT molecular complexity index is 220. The molecular formula is C7H9NO3. The van der Waals surface area contributed by atoms with Crippen LogP contribution < -0.4 is 0 Å². The normalized spacial score (nSPS) is 22.2. The Morgan fingerprint density at radius 3 is 2.55 bits per heavy atom. The highest BCUT2D eigenvalue weighted by atomic mass is 16.6. The number of hydrogen-bond donors (Lipinski definition) is 0. The van der Waals surface area contributed by atoms with Crippen molar-refractivity contribution < 1.29 is 9.72 Å². The Morgan fingerprint density at radius 1 is 1.36 bits per heavy atom. The van der Waals surface area contributed by atoms with Crippen LogP contribution in [0.1, 0.15) is 25.7 Å². The lowest BCUT2D eigenvalue weighted by Crippen LogP contribution is -2.09. The zero-order chi connectivity index (χ0) is 8.27. The third-order valence-corrected chi connectivity index (χ3v) is 1.72. The fraction of sp³-hybridized carbons (Fsp3) is 0.571. The van der Waals surface area contributed by atoms with Gasteiger partial charge in [-0.25, -0.2) is 0 Å². The Balaban J connectivity index is 2.68. The maximum atomic E-state index is 11.0. The fourth-order valence-corrected chi connectivity index (χ4v) is 1.16. The van der Waals surface area contributed by atoms with Gasteiger partial charge >= 0.3 is 0 Å². The summed E-state index contributed by atoms with van der Waals surface area (Å²) in [6.07, 6.45) is 3.64. The van der Waals surface area contributed by atoms with E-state index in [1.54, 1.807) is 0 Å². The molecule has 60 valence electrons. The smallest absolute Gasteiger partial charge is 0.241 e. The van der Waals surface area contributed by atoms with E-state index < -0.39 is 4.92 Å². The summed E-state index contributed by atoms with van der Waals surface area (Å²) in [5.74, 6) is -0.0621. The molecule has 4 heteroatoms. The maximum absolute atomic E-state index is 11.0. The lowest BCUT2D eigenvalue weighted by molar-refractivity contribution is -0.403. The van der Waals surface area contributed by atoms with Crippen LogP contribution in [0.2, 0.25) is 0 Å². The molecule has 0 bridgehead atoms. The van der Waals surface area contributed by atoms with E-state index >= 15 is 0 Å². The fourth-order valence-electron chi connectivity index (χ4n) is 1.16. The molecule has 0 aromatic rings. The van der Waals surface area contributed by atoms with Gasteiger partial charge < -0.3 is 0 Å². The molecule has 0 aromatic heterocycles. The van der Waals surface area contributed by atoms with Crippen molar-refractivity contribution in [1.29, 1.82) is 0 Å². The summed E-state index contributed by atoms with van der Waals surface area (Å²) >= 11 is 0. The number of nitro groups is 1. The molecule has 0 radical (unpaired) electrons. The Kier molecular flexibility index (Phi) is 2.36. The van der Waals surface area contributed by atoms with Crippen molar-refractivity contribution >= 4 is 5.78 Å². The Labute approximate surface area is 64.0 Å². The van der Waals surface area contributed by atoms with Gasteiger partial charge in [0.1, 0.15) is 0 Å². The second kappa shape index (κ2) is 3.27. The first kappa shape index (κ1) is 7.91. The molecule has 1 saturated carbocycles. The van der Waals surface area contributed by atoms with E-state index in [1.807, 2.05) is 0 Å². The average molecular weight is 155 g/mol. The SMILES string of the molecule is O=C1CCCCC1=C[N+](=O)[O-]. The third-order valence-electron chi connectivity index (χ3n) is 1.72. The van der Waals surface area contributed by atoms with E-state index in [9.17, 15) is 14.9 Å². The number of carbonyl (C=O) groups excluding carboxylic acids is 1. The summed E-state index contributed by atoms with van der Waals surface area (Å²) in [7, 11) is 0. The molecule has 0 heterocycles. The van der Waals surface area contributed by atoms with Gasteiger partial charge in [0.15, 0.2) is 5.78 Å². The van der Waals surface area contributed by atoms with Gasteiger partial charge in [0, 0.05) is 6.42 Å². The van der Waals surface area contributed by atoms with Gasteiger partial charge in [-0.05, 0) is 19.3 Å². The molecule has 0 unspecified atom stereocenters. The molecule has 0 aliphatic heterocycles. The zero-order valence-electron chi connectivity index (χ0n) is 6.08. The standard InChI is InChI=1S/C7H9NO3/c9-7-4-2-1-3-6(7)5-8(10)11/h5H,1-4H2. The summed E-state index contributed by atoms with van der Waals surface area (Å²) in [5.41, 5.74) is 0.376. The van der Waals surface area contributed by atoms with Crippen molar-refractivity contribution in [2.75, 3.05) is 0 Å². The van der Waals surface area contributed by atoms with Crippen molar-refractivity contribution in [3.05, 3.63) is 21.9 Å². The average Bonchev–Trinajstić information content (AvgIpc) is 1.93. The van der Waals surface area contributed by atoms with Crippen LogP contribution in [-0.4, -0.2) is 10.7 Å². The molecule has 0 atom stereocenters. The van der Waals surface area contributed by atoms with E-state index in [2.05, 4.69) is 0 Å². The van der Waals surface area contributed by atoms with Gasteiger partial charge in [-0.15, -0.1) is 0 Å². The Hall–Kier alpha value is -1.19. The first-order valence-corrected chi connectivity index (χ1v) is 3.57. The number of nitrogens with zero attached hydrogens (tertiary/aromatic N) is 1. The minimum absolute atomic E-state index is 0.0621. The van der Waals surface area contributed by atoms with Crippen molar-refractivity contribution in [2.45, 2.75) is 25.7 Å². The molecule has 11 heavy (non-hydrogen) atoms. The third kappa shape index (κ3) is 2.14. The highest BCUT2D eigenvalue weighted by Crippen LogP contribution is 2.19. The summed E-state index contributed by atoms with van der Waals surface area (Å²) in [6, 6.07) is 0. The summed E-state index contributed by atoms with van der Waals surface area (Å²) < 4.78 is 0. The monoisotopic (exact) mass is 155 g/mol. The second-order valence-electron chi connectivity index (χ2n) is 2.57. The minimum Gasteiger partial charge on any atom is -0.294 e. The second-order valence-corrected chi connectivity index (χ2v) is 2.57. The van der Waals surface area contributed by atoms with Crippen LogP contribution in [0.25, 0.3) is 0 Å². The molecule has 1 rings (SSSR count). The van der Waals surface area contributed by atoms with Gasteiger partial charge in [0.25, 0.3) is 0 Å². The molecule has 0 N–H and O–H groups in total. The molecule has 1 fully saturated rings. The van der Waals surface area contributed by atoms with Crippen LogP contribution in [-0.2, 0) is 4.79 Å². The van der Waals surface area contributed by atoms with Gasteiger partial charge in [-0.2, -0.15) is 0 Å². The van der Waals surface area contributed by atoms with Gasteiger partial charge in [-0.3, -0.25) is 14.9 Å². The molecule has 1 aliphatic rings. The van der Waals surface area contributed by atoms with Crippen LogP contribution in [0.5, 0.6) is 0 Å². The molecule has 1 aliphatic carbocycles. The number of rotatable bonds is 1. The molecule has 0 aromatic carbocycles. The van der Waals surface area contributed by atoms with Crippen molar-refractivity contribution in [3.8, 4) is 0 Å². The lowest BCUT2D eigenvalue weighted by atomic mass is 9.94. The molecule has 0 saturated heterocycles. The summed E-state index contributed by atoms with van der Waals surface area (Å²) in [4.78, 5) is 20.4. The van der Waals surface area contributed by atoms with E-state index in [0.29, 0.717) is 18.4 Å². The number of hydrogen-bond acceptors (Lipinski definition) is 3. The van der Waals surface area contributed by atoms with Gasteiger partial charge in [0.05, 0.1) is 10.5 Å². The Morgan fingerprint density at radius 2 is 2.00 bits per heavy atom. The topological polar surface area (TPSA) is 60.2 Å². The first-order valence-electron chi connectivity index (χ1n) is 3.57. The maximum Gasteiger partial charge on any atom is 0.241 e. The minimum atomic E-state index is -0.557. The van der Waals surface area contributed by atoms with E-state index in [-0.39, 0.29) is 5.78 Å². The predicted molar refractivity (Wildman–Crippen MR) is 38.6 cm³/mol. The highest BCUT2D eigenvalue weighted by Gasteiger charge is 2.17. The van der Waals surface area contributed by atoms with E-state index in [0.717, 1.165) is 19.0 Å².